The summed E-state index contributed by atoms with van der Waals surface area (Å²) in [5.41, 5.74) is 0.964. The van der Waals surface area contributed by atoms with Crippen LogP contribution in [0.1, 0.15) is 31.2 Å². The standard InChI is InChI=1S/C20H24O6S/c1-13-5-9-16(10-6-13)27(22,23)26-19-15-8-7-14(12-15)18(19)20(21)25-17-4-2-3-11-24-17/h5-10,14-15,17-19H,2-4,11-12H2,1H3. The molecule has 1 saturated heterocycles. The van der Waals surface area contributed by atoms with Crippen LogP contribution < -0.4 is 0 Å². The smallest absolute Gasteiger partial charge is 0.314 e. The molecular formula is C20H24O6S. The van der Waals surface area contributed by atoms with Crippen molar-refractivity contribution in [3.05, 3.63) is 42.0 Å². The van der Waals surface area contributed by atoms with Gasteiger partial charge in [0.2, 0.25) is 6.29 Å². The van der Waals surface area contributed by atoms with E-state index in [-0.39, 0.29) is 16.7 Å². The molecule has 6 nitrogen and oxygen atoms in total. The van der Waals surface area contributed by atoms with Crippen molar-refractivity contribution in [3.8, 4) is 0 Å². The van der Waals surface area contributed by atoms with E-state index in [9.17, 15) is 13.2 Å². The van der Waals surface area contributed by atoms with Crippen molar-refractivity contribution in [3.63, 3.8) is 0 Å². The number of hydrogen-bond donors (Lipinski definition) is 0. The van der Waals surface area contributed by atoms with Crippen molar-refractivity contribution in [1.29, 1.82) is 0 Å². The molecule has 0 aromatic heterocycles. The van der Waals surface area contributed by atoms with Gasteiger partial charge in [-0.15, -0.1) is 0 Å². The summed E-state index contributed by atoms with van der Waals surface area (Å²) in [6, 6.07) is 6.50. The summed E-state index contributed by atoms with van der Waals surface area (Å²) in [7, 11) is -3.96. The molecule has 2 bridgehead atoms. The number of carbonyl (C=O) groups is 1. The zero-order chi connectivity index (χ0) is 19.0. The van der Waals surface area contributed by atoms with E-state index in [4.69, 9.17) is 13.7 Å². The Morgan fingerprint density at radius 1 is 1.11 bits per heavy atom. The van der Waals surface area contributed by atoms with E-state index in [0.717, 1.165) is 18.4 Å². The summed E-state index contributed by atoms with van der Waals surface area (Å²) in [5.74, 6) is -1.20. The number of allylic oxidation sites excluding steroid dienone is 1. The molecule has 7 heteroatoms. The molecule has 2 aliphatic carbocycles. The molecule has 1 saturated carbocycles. The van der Waals surface area contributed by atoms with Gasteiger partial charge in [-0.3, -0.25) is 8.98 Å². The first-order valence-corrected chi connectivity index (χ1v) is 10.9. The minimum atomic E-state index is -3.96. The molecule has 1 aliphatic heterocycles. The zero-order valence-corrected chi connectivity index (χ0v) is 16.1. The van der Waals surface area contributed by atoms with Crippen molar-refractivity contribution in [2.24, 2.45) is 17.8 Å². The lowest BCUT2D eigenvalue weighted by Gasteiger charge is -2.29. The molecule has 0 spiro atoms. The van der Waals surface area contributed by atoms with Gasteiger partial charge in [-0.2, -0.15) is 8.42 Å². The molecule has 0 N–H and O–H groups in total. The lowest BCUT2D eigenvalue weighted by molar-refractivity contribution is -0.194. The number of esters is 1. The second-order valence-corrected chi connectivity index (χ2v) is 9.11. The van der Waals surface area contributed by atoms with Gasteiger partial charge in [-0.1, -0.05) is 29.8 Å². The zero-order valence-electron chi connectivity index (χ0n) is 15.2. The third-order valence-corrected chi connectivity index (χ3v) is 6.92. The molecule has 1 heterocycles. The van der Waals surface area contributed by atoms with E-state index in [1.165, 1.54) is 12.1 Å². The monoisotopic (exact) mass is 392 g/mol. The van der Waals surface area contributed by atoms with Gasteiger partial charge in [0.1, 0.15) is 0 Å². The van der Waals surface area contributed by atoms with Crippen molar-refractivity contribution >= 4 is 16.1 Å². The highest BCUT2D eigenvalue weighted by atomic mass is 32.2. The van der Waals surface area contributed by atoms with E-state index in [0.29, 0.717) is 19.4 Å². The Balaban J connectivity index is 1.51. The largest absolute Gasteiger partial charge is 0.435 e. The minimum Gasteiger partial charge on any atom is -0.435 e. The van der Waals surface area contributed by atoms with Gasteiger partial charge in [0.05, 0.1) is 23.5 Å². The lowest BCUT2D eigenvalue weighted by Crippen LogP contribution is -2.39. The van der Waals surface area contributed by atoms with Gasteiger partial charge in [-0.25, -0.2) is 0 Å². The highest BCUT2D eigenvalue weighted by Crippen LogP contribution is 2.47. The van der Waals surface area contributed by atoms with E-state index < -0.39 is 34.4 Å². The number of ether oxygens (including phenoxy) is 2. The maximum atomic E-state index is 12.8. The molecule has 2 fully saturated rings. The maximum absolute atomic E-state index is 12.8. The molecule has 3 aliphatic rings. The van der Waals surface area contributed by atoms with Crippen LogP contribution in [0.15, 0.2) is 41.3 Å². The normalized spacial score (nSPS) is 32.6. The second-order valence-electron chi connectivity index (χ2n) is 7.54. The van der Waals surface area contributed by atoms with Crippen molar-refractivity contribution in [2.75, 3.05) is 6.61 Å². The molecule has 5 unspecified atom stereocenters. The van der Waals surface area contributed by atoms with Crippen LogP contribution in [0.5, 0.6) is 0 Å². The van der Waals surface area contributed by atoms with Crippen LogP contribution in [0, 0.1) is 24.7 Å². The Bertz CT molecular complexity index is 823. The van der Waals surface area contributed by atoms with Crippen LogP contribution in [0.2, 0.25) is 0 Å². The first kappa shape index (κ1) is 18.7. The molecule has 27 heavy (non-hydrogen) atoms. The van der Waals surface area contributed by atoms with Gasteiger partial charge in [-0.05, 0) is 44.2 Å². The maximum Gasteiger partial charge on any atom is 0.314 e. The summed E-state index contributed by atoms with van der Waals surface area (Å²) in [4.78, 5) is 12.9. The van der Waals surface area contributed by atoms with Gasteiger partial charge in [0, 0.05) is 12.3 Å². The minimum absolute atomic E-state index is 0.0516. The Kier molecular flexibility index (Phi) is 5.09. The Morgan fingerprint density at radius 3 is 2.56 bits per heavy atom. The molecular weight excluding hydrogens is 368 g/mol. The number of rotatable bonds is 5. The molecule has 1 aromatic rings. The van der Waals surface area contributed by atoms with Crippen LogP contribution in [-0.2, 0) is 28.6 Å². The van der Waals surface area contributed by atoms with Crippen LogP contribution in [0.25, 0.3) is 0 Å². The molecule has 0 radical (unpaired) electrons. The number of aryl methyl sites for hydroxylation is 1. The first-order chi connectivity index (χ1) is 12.9. The van der Waals surface area contributed by atoms with E-state index in [2.05, 4.69) is 0 Å². The fourth-order valence-corrected chi connectivity index (χ4v) is 5.27. The highest BCUT2D eigenvalue weighted by Gasteiger charge is 2.52. The van der Waals surface area contributed by atoms with Crippen LogP contribution in [0.3, 0.4) is 0 Å². The summed E-state index contributed by atoms with van der Waals surface area (Å²) in [5, 5.41) is 0. The van der Waals surface area contributed by atoms with Gasteiger partial charge in [0.15, 0.2) is 0 Å². The van der Waals surface area contributed by atoms with Crippen molar-refractivity contribution in [1.82, 2.24) is 0 Å². The Hall–Kier alpha value is -1.70. The van der Waals surface area contributed by atoms with E-state index in [1.807, 2.05) is 19.1 Å². The van der Waals surface area contributed by atoms with Crippen LogP contribution in [0.4, 0.5) is 0 Å². The quantitative estimate of drug-likeness (QED) is 0.435. The molecule has 4 rings (SSSR count). The fourth-order valence-electron chi connectivity index (χ4n) is 4.14. The molecule has 146 valence electrons. The lowest BCUT2D eigenvalue weighted by atomic mass is 9.91. The molecule has 5 atom stereocenters. The van der Waals surface area contributed by atoms with Gasteiger partial charge >= 0.3 is 5.97 Å². The van der Waals surface area contributed by atoms with Gasteiger partial charge in [0.25, 0.3) is 10.1 Å². The summed E-state index contributed by atoms with van der Waals surface area (Å²) < 4.78 is 42.0. The summed E-state index contributed by atoms with van der Waals surface area (Å²) in [6.45, 7) is 2.47. The SMILES string of the molecule is Cc1ccc(S(=O)(=O)OC2C3C=CC(C3)C2C(=O)OC2CCCCO2)cc1. The van der Waals surface area contributed by atoms with Crippen LogP contribution in [-0.4, -0.2) is 33.4 Å². The first-order valence-electron chi connectivity index (χ1n) is 9.44. The number of benzene rings is 1. The average molecular weight is 392 g/mol. The predicted molar refractivity (Wildman–Crippen MR) is 97.1 cm³/mol. The molecule has 1 aromatic carbocycles. The topological polar surface area (TPSA) is 78.9 Å². The fraction of sp³-hybridized carbons (Fsp3) is 0.550. The van der Waals surface area contributed by atoms with Crippen molar-refractivity contribution in [2.45, 2.75) is 49.9 Å². The van der Waals surface area contributed by atoms with Gasteiger partial charge < -0.3 is 9.47 Å². The molecule has 0 amide bonds. The number of fused-ring (bicyclic) bond motifs is 2. The summed E-state index contributed by atoms with van der Waals surface area (Å²) >= 11 is 0. The van der Waals surface area contributed by atoms with Crippen LogP contribution >= 0.6 is 0 Å². The predicted octanol–water partition coefficient (Wildman–Crippen LogP) is 2.96. The number of carbonyl (C=O) groups excluding carboxylic acids is 1. The summed E-state index contributed by atoms with van der Waals surface area (Å²) in [6.07, 6.45) is 5.94. The Labute approximate surface area is 159 Å². The Morgan fingerprint density at radius 2 is 1.85 bits per heavy atom. The third-order valence-electron chi connectivity index (χ3n) is 5.59. The second kappa shape index (κ2) is 7.37. The third kappa shape index (κ3) is 3.81. The average Bonchev–Trinajstić information content (AvgIpc) is 3.24. The van der Waals surface area contributed by atoms with E-state index >= 15 is 0 Å². The van der Waals surface area contributed by atoms with Crippen molar-refractivity contribution < 1.29 is 26.9 Å². The van der Waals surface area contributed by atoms with E-state index in [1.54, 1.807) is 12.1 Å². The number of hydrogen-bond acceptors (Lipinski definition) is 6. The highest BCUT2D eigenvalue weighted by molar-refractivity contribution is 7.86.